The predicted octanol–water partition coefficient (Wildman–Crippen LogP) is 22.6. The first kappa shape index (κ1) is 110. The third-order valence-corrected chi connectivity index (χ3v) is 24.0. The predicted molar refractivity (Wildman–Crippen MR) is 522 cm³/mol. The molecule has 8 N–H and O–H groups in total. The number of aryl methyl sites for hydroxylation is 3. The van der Waals surface area contributed by atoms with Gasteiger partial charge in [-0.3, -0.25) is 16.1 Å². The highest BCUT2D eigenvalue weighted by molar-refractivity contribution is 9.11. The van der Waals surface area contributed by atoms with Crippen molar-refractivity contribution in [3.05, 3.63) is 240 Å². The number of nitrogens with zero attached hydrogens (tertiary/aromatic N) is 17. The minimum absolute atomic E-state index is 0.237. The summed E-state index contributed by atoms with van der Waals surface area (Å²) in [5, 5.41) is 70.5. The van der Waals surface area contributed by atoms with E-state index in [1.165, 1.54) is 128 Å². The number of carbonyl (C=O) groups excluding carboxylic acids is 2. The number of amides is 1. The van der Waals surface area contributed by atoms with Crippen LogP contribution in [0, 0.1) is 103 Å². The molecule has 2 aliphatic heterocycles. The van der Waals surface area contributed by atoms with Gasteiger partial charge >= 0.3 is 18.0 Å². The lowest BCUT2D eigenvalue weighted by atomic mass is 10.1. The summed E-state index contributed by atoms with van der Waals surface area (Å²) in [5.74, 6) is -3.58. The summed E-state index contributed by atoms with van der Waals surface area (Å²) in [5.41, 5.74) is 12.0. The Morgan fingerprint density at radius 3 is 1.30 bits per heavy atom. The molecule has 46 heteroatoms. The number of hydrazine groups is 1. The smallest absolute Gasteiger partial charge is 0.414 e. The van der Waals surface area contributed by atoms with E-state index >= 15 is 4.39 Å². The lowest BCUT2D eigenvalue weighted by molar-refractivity contribution is -0.159. The Balaban J connectivity index is 0.000000208. The van der Waals surface area contributed by atoms with Crippen LogP contribution in [0.2, 0.25) is 4.47 Å². The number of ether oxygens (including phenoxy) is 1. The van der Waals surface area contributed by atoms with Crippen molar-refractivity contribution in [1.29, 1.82) is 21.0 Å². The fourth-order valence-corrected chi connectivity index (χ4v) is 17.0. The molecule has 0 aliphatic carbocycles. The van der Waals surface area contributed by atoms with Crippen LogP contribution in [0.15, 0.2) is 151 Å². The standard InChI is InChI=1S/C29H31F2N7O2S.C20H14BrF2N5S.C10H4ClFN2S.C9H9BrFN3.C7H2BrF2N.C7H3BrF2O.C5H11N.C2H8N2.C2H2O4/c1-6-38-26(35(5)27-33-24(23(17-32)41-27)18-7-9-19(30)10-8-18)21-15-20(16-22(31)25(21)34-38)36-11-13-37(14-12-36)28(39)40-29(2,3)4;1-3-28-19(14-8-12(21)9-15(23)18(14)26-28)27(2)20-25-17(16(10-24)29-20)11-4-6-13(22)7-5-11;11-10-14-9(8(5-13)15-10)6-1-3-7(12)4-2-6;1-2-14-9(12)6-3-5(10)4-7(11)8(6)13-14;2*8-5-1-4(3-11)7(10)6(9)2-5;1-2-4-6-5-3-1;1-2-4-3;3-1(4)2(5)6/h7-10,15-16H,6,11-14H2,1-5H3;4-9H,3H2,1-2H3;1-4H;3-4H,2,12H2,1H3;1-2H;1-3H;6H,1-5H2;4H,2-3H2,1H3;(H,3,4)(H,5,6). The third kappa shape index (κ3) is 29.8. The Kier molecular flexibility index (Phi) is 41.4. The van der Waals surface area contributed by atoms with Crippen LogP contribution in [-0.4, -0.2) is 149 Å². The highest BCUT2D eigenvalue weighted by atomic mass is 79.9. The number of hydrogen-bond acceptors (Lipinski definition) is 25. The number of nitrogen functional groups attached to an aromatic ring is 1. The number of nitrogens with one attached hydrogen (secondary N) is 2. The number of benzene rings is 8. The van der Waals surface area contributed by atoms with E-state index in [1.807, 2.05) is 71.6 Å². The highest BCUT2D eigenvalue weighted by Gasteiger charge is 2.31. The van der Waals surface area contributed by atoms with Gasteiger partial charge in [0.15, 0.2) is 61.7 Å². The molecule has 0 spiro atoms. The van der Waals surface area contributed by atoms with E-state index in [2.05, 4.69) is 112 Å². The number of aldehydes is 1. The molecule has 14 aromatic rings. The van der Waals surface area contributed by atoms with Gasteiger partial charge in [-0.15, -0.1) is 0 Å². The van der Waals surface area contributed by atoms with Crippen LogP contribution in [0.5, 0.6) is 0 Å². The summed E-state index contributed by atoms with van der Waals surface area (Å²) < 4.78 is 146. The zero-order chi connectivity index (χ0) is 101. The fraction of sp³-hybridized carbons (Fsp3) is 0.253. The molecule has 0 unspecified atom stereocenters. The zero-order valence-corrected chi connectivity index (χ0v) is 83.6. The van der Waals surface area contributed by atoms with Crippen LogP contribution >= 0.6 is 109 Å². The lowest BCUT2D eigenvalue weighted by Crippen LogP contribution is -2.50. The summed E-state index contributed by atoms with van der Waals surface area (Å²) >= 11 is 21.6. The molecular weight excluding hydrogens is 2140 g/mol. The van der Waals surface area contributed by atoms with Crippen molar-refractivity contribution in [1.82, 2.24) is 59.9 Å². The number of piperazine rings is 1. The summed E-state index contributed by atoms with van der Waals surface area (Å²) in [6, 6.07) is 39.4. The summed E-state index contributed by atoms with van der Waals surface area (Å²) in [6.45, 7) is 20.2. The van der Waals surface area contributed by atoms with Crippen LogP contribution < -0.4 is 37.0 Å². The van der Waals surface area contributed by atoms with Crippen molar-refractivity contribution in [2.45, 2.75) is 93.0 Å². The molecule has 0 radical (unpaired) electrons. The lowest BCUT2D eigenvalue weighted by Gasteiger charge is -2.36. The van der Waals surface area contributed by atoms with Gasteiger partial charge in [0, 0.05) is 123 Å². The molecule has 0 saturated carbocycles. The van der Waals surface area contributed by atoms with Crippen LogP contribution in [-0.2, 0) is 34.0 Å². The molecule has 137 heavy (non-hydrogen) atoms. The molecular formula is C91H84Br4ClF10N21O7S3. The minimum atomic E-state index is -1.82. The number of piperidine rings is 1. The van der Waals surface area contributed by atoms with Crippen LogP contribution in [0.3, 0.4) is 0 Å². The van der Waals surface area contributed by atoms with Crippen LogP contribution in [0.1, 0.15) is 98.3 Å². The van der Waals surface area contributed by atoms with Gasteiger partial charge in [-0.25, -0.2) is 87.3 Å². The Hall–Kier alpha value is -12.5. The number of rotatable bonds is 13. The van der Waals surface area contributed by atoms with E-state index in [9.17, 15) is 59.6 Å². The van der Waals surface area contributed by atoms with Gasteiger partial charge in [0.25, 0.3) is 0 Å². The number of carbonyl (C=O) groups is 4. The Morgan fingerprint density at radius 2 is 0.912 bits per heavy atom. The Morgan fingerprint density at radius 1 is 0.533 bits per heavy atom. The van der Waals surface area contributed by atoms with Gasteiger partial charge in [-0.2, -0.15) is 36.3 Å². The maximum atomic E-state index is 15.5. The van der Waals surface area contributed by atoms with Gasteiger partial charge in [-0.05, 0) is 201 Å². The topological polar surface area (TPSA) is 394 Å². The Labute approximate surface area is 829 Å². The number of thiazole rings is 3. The summed E-state index contributed by atoms with van der Waals surface area (Å²) in [4.78, 5) is 62.7. The largest absolute Gasteiger partial charge is 0.473 e. The molecule has 0 bridgehead atoms. The molecule has 2 fully saturated rings. The van der Waals surface area contributed by atoms with E-state index in [0.717, 1.165) is 30.0 Å². The molecule has 28 nitrogen and oxygen atoms in total. The van der Waals surface area contributed by atoms with E-state index in [1.54, 1.807) is 85.3 Å². The number of hydrogen-bond donors (Lipinski definition) is 6. The van der Waals surface area contributed by atoms with Gasteiger partial charge < -0.3 is 45.6 Å². The van der Waals surface area contributed by atoms with E-state index in [4.69, 9.17) is 63.2 Å². The van der Waals surface area contributed by atoms with Crippen molar-refractivity contribution >= 4 is 200 Å². The van der Waals surface area contributed by atoms with Crippen LogP contribution in [0.4, 0.5) is 82.1 Å². The number of aliphatic carboxylic acids is 2. The van der Waals surface area contributed by atoms with E-state index < -0.39 is 52.4 Å². The number of carboxylic acid groups (broad SMARTS) is 2. The van der Waals surface area contributed by atoms with Crippen molar-refractivity contribution in [3.8, 4) is 58.0 Å². The first-order chi connectivity index (χ1) is 65.1. The van der Waals surface area contributed by atoms with E-state index in [0.29, 0.717) is 172 Å². The van der Waals surface area contributed by atoms with Crippen LogP contribution in [0.25, 0.3) is 66.5 Å². The normalized spacial score (nSPS) is 11.8. The van der Waals surface area contributed by atoms with Gasteiger partial charge in [0.1, 0.15) is 113 Å². The molecule has 8 aromatic carbocycles. The zero-order valence-electron chi connectivity index (χ0n) is 74.1. The number of aromatic nitrogens is 9. The average molecular weight is 2230 g/mol. The molecule has 2 aliphatic rings. The third-order valence-electron chi connectivity index (χ3n) is 19.0. The molecule has 8 heterocycles. The number of fused-ring (bicyclic) bond motifs is 3. The second-order valence-corrected chi connectivity index (χ2v) is 36.7. The maximum absolute atomic E-state index is 15.5. The molecule has 16 rings (SSSR count). The maximum Gasteiger partial charge on any atom is 0.414 e. The number of nitriles is 4. The minimum Gasteiger partial charge on any atom is -0.473 e. The first-order valence-electron chi connectivity index (χ1n) is 40.9. The van der Waals surface area contributed by atoms with Crippen molar-refractivity contribution < 1.29 is 78.0 Å². The van der Waals surface area contributed by atoms with Gasteiger partial charge in [0.05, 0.1) is 11.1 Å². The second kappa shape index (κ2) is 51.6. The molecule has 718 valence electrons. The fourth-order valence-electron chi connectivity index (χ4n) is 12.6. The number of anilines is 6. The van der Waals surface area contributed by atoms with E-state index in [-0.39, 0.29) is 57.8 Å². The highest BCUT2D eigenvalue weighted by Crippen LogP contribution is 2.43. The molecule has 1 amide bonds. The SMILES string of the molecule is C1CCNCC1.CCNN.CCn1nc2c(F)cc(Br)cc2c1N.CCn1nc2c(F)cc(Br)cc2c1N(C)c1nc(-c2ccc(F)cc2)c(C#N)s1.CCn1nc2c(F)cc(N3CCN(C(=O)OC(C)(C)C)CC3)cc2c1N(C)c1nc(-c2ccc(F)cc2)c(C#N)s1.N#Cc1cc(Br)cc(F)c1F.N#Cc1sc(Cl)nc1-c1ccc(F)cc1.O=C(O)C(=O)O.O=Cc1cc(Br)cc(F)c1F. The number of carboxylic acids is 2. The quantitative estimate of drug-likeness (QED) is 0.0156. The van der Waals surface area contributed by atoms with Crippen molar-refractivity contribution in [2.75, 3.05) is 80.3 Å². The van der Waals surface area contributed by atoms with Gasteiger partial charge in [-0.1, -0.05) is 123 Å². The van der Waals surface area contributed by atoms with Gasteiger partial charge in [0.2, 0.25) is 0 Å². The second-order valence-electron chi connectivity index (χ2n) is 29.5. The number of nitrogens with two attached hydrogens (primary N) is 2. The average Bonchev–Trinajstić information content (AvgIpc) is 1.63. The summed E-state index contributed by atoms with van der Waals surface area (Å²) in [7, 11) is 3.61. The summed E-state index contributed by atoms with van der Waals surface area (Å²) in [6.07, 6.45) is 4.13. The first-order valence-corrected chi connectivity index (χ1v) is 46.9. The Bertz CT molecular complexity index is 6770. The molecule has 2 saturated heterocycles. The molecule has 6 aromatic heterocycles. The van der Waals surface area contributed by atoms with Crippen molar-refractivity contribution in [2.24, 2.45) is 5.84 Å². The molecule has 0 atom stereocenters. The number of halogens is 15. The van der Waals surface area contributed by atoms with Crippen molar-refractivity contribution in [3.63, 3.8) is 0 Å². The monoisotopic (exact) mass is 2220 g/mol.